The minimum Gasteiger partial charge on any atom is -0.504 e. The number of rotatable bonds is 3. The van der Waals surface area contributed by atoms with E-state index in [9.17, 15) is 9.90 Å². The lowest BCUT2D eigenvalue weighted by Gasteiger charge is -2.08. The van der Waals surface area contributed by atoms with Gasteiger partial charge in [0.1, 0.15) is 5.78 Å². The molecule has 4 N–H and O–H groups in total. The van der Waals surface area contributed by atoms with E-state index in [1.165, 1.54) is 19.1 Å². The topological polar surface area (TPSA) is 83.6 Å². The van der Waals surface area contributed by atoms with Gasteiger partial charge in [0.15, 0.2) is 11.5 Å². The van der Waals surface area contributed by atoms with Gasteiger partial charge < -0.3 is 15.9 Å². The van der Waals surface area contributed by atoms with Gasteiger partial charge in [-0.05, 0) is 31.0 Å². The second-order valence-corrected chi connectivity index (χ2v) is 3.24. The summed E-state index contributed by atoms with van der Waals surface area (Å²) in [5, 5.41) is 18.2. The van der Waals surface area contributed by atoms with Crippen LogP contribution in [0.25, 0.3) is 0 Å². The Morgan fingerprint density at radius 3 is 2.06 bits per heavy atom. The summed E-state index contributed by atoms with van der Waals surface area (Å²) in [6.45, 7) is 9.42. The molecule has 0 heterocycles. The Balaban J connectivity index is 0. The Morgan fingerprint density at radius 2 is 1.67 bits per heavy atom. The number of carbonyl (C=O) groups is 1. The highest BCUT2D eigenvalue weighted by Gasteiger charge is 2.10. The SMILES string of the molecule is CC.CC.CC(=O)[C@@H](N)Cc1ccc(O)c(O)c1. The van der Waals surface area contributed by atoms with Crippen molar-refractivity contribution in [3.8, 4) is 11.5 Å². The van der Waals surface area contributed by atoms with Gasteiger partial charge in [-0.25, -0.2) is 0 Å². The highest BCUT2D eigenvalue weighted by molar-refractivity contribution is 5.81. The van der Waals surface area contributed by atoms with Gasteiger partial charge in [0.25, 0.3) is 0 Å². The van der Waals surface area contributed by atoms with E-state index in [-0.39, 0.29) is 17.3 Å². The maximum absolute atomic E-state index is 10.9. The average molecular weight is 255 g/mol. The smallest absolute Gasteiger partial charge is 0.157 e. The molecule has 18 heavy (non-hydrogen) atoms. The van der Waals surface area contributed by atoms with Crippen LogP contribution in [0.5, 0.6) is 11.5 Å². The fraction of sp³-hybridized carbons (Fsp3) is 0.500. The minimum absolute atomic E-state index is 0.0995. The van der Waals surface area contributed by atoms with Crippen molar-refractivity contribution in [2.45, 2.75) is 47.1 Å². The van der Waals surface area contributed by atoms with Crippen molar-refractivity contribution in [2.75, 3.05) is 0 Å². The Morgan fingerprint density at radius 1 is 1.17 bits per heavy atom. The largest absolute Gasteiger partial charge is 0.504 e. The Labute approximate surface area is 109 Å². The number of aromatic hydroxyl groups is 2. The maximum atomic E-state index is 10.9. The fourth-order valence-electron chi connectivity index (χ4n) is 1.09. The van der Waals surface area contributed by atoms with Gasteiger partial charge in [0.2, 0.25) is 0 Å². The molecular formula is C14H25NO3. The van der Waals surface area contributed by atoms with E-state index in [1.807, 2.05) is 27.7 Å². The monoisotopic (exact) mass is 255 g/mol. The molecule has 1 rings (SSSR count). The van der Waals surface area contributed by atoms with Crippen molar-refractivity contribution < 1.29 is 15.0 Å². The van der Waals surface area contributed by atoms with Crippen molar-refractivity contribution in [1.82, 2.24) is 0 Å². The zero-order chi connectivity index (χ0) is 14.7. The van der Waals surface area contributed by atoms with E-state index in [2.05, 4.69) is 0 Å². The van der Waals surface area contributed by atoms with Crippen LogP contribution in [-0.2, 0) is 11.2 Å². The molecule has 1 aromatic rings. The second-order valence-electron chi connectivity index (χ2n) is 3.24. The summed E-state index contributed by atoms with van der Waals surface area (Å²) >= 11 is 0. The normalized spacial score (nSPS) is 10.3. The van der Waals surface area contributed by atoms with Crippen LogP contribution in [0.3, 0.4) is 0 Å². The number of Topliss-reactive ketones (excluding diaryl/α,β-unsaturated/α-hetero) is 1. The van der Waals surface area contributed by atoms with Crippen molar-refractivity contribution >= 4 is 5.78 Å². The highest BCUT2D eigenvalue weighted by atomic mass is 16.3. The van der Waals surface area contributed by atoms with Crippen LogP contribution in [-0.4, -0.2) is 22.0 Å². The Bertz CT molecular complexity index is 351. The van der Waals surface area contributed by atoms with Crippen molar-refractivity contribution in [1.29, 1.82) is 0 Å². The van der Waals surface area contributed by atoms with Crippen molar-refractivity contribution in [3.63, 3.8) is 0 Å². The molecule has 4 nitrogen and oxygen atoms in total. The van der Waals surface area contributed by atoms with E-state index < -0.39 is 6.04 Å². The van der Waals surface area contributed by atoms with E-state index in [1.54, 1.807) is 6.07 Å². The zero-order valence-electron chi connectivity index (χ0n) is 11.9. The summed E-state index contributed by atoms with van der Waals surface area (Å²) < 4.78 is 0. The molecule has 0 radical (unpaired) electrons. The van der Waals surface area contributed by atoms with Gasteiger partial charge in [0.05, 0.1) is 6.04 Å². The first-order valence-corrected chi connectivity index (χ1v) is 6.27. The first-order valence-electron chi connectivity index (χ1n) is 6.27. The number of carbonyl (C=O) groups excluding carboxylic acids is 1. The molecule has 0 amide bonds. The van der Waals surface area contributed by atoms with Gasteiger partial charge in [-0.3, -0.25) is 4.79 Å². The molecule has 0 aliphatic rings. The third kappa shape index (κ3) is 6.91. The molecule has 0 fully saturated rings. The van der Waals surface area contributed by atoms with E-state index in [0.717, 1.165) is 5.56 Å². The number of benzene rings is 1. The molecule has 0 saturated heterocycles. The third-order valence-corrected chi connectivity index (χ3v) is 2.02. The number of phenols is 2. The summed E-state index contributed by atoms with van der Waals surface area (Å²) in [6.07, 6.45) is 0.364. The Hall–Kier alpha value is -1.55. The van der Waals surface area contributed by atoms with Crippen LogP contribution in [0.2, 0.25) is 0 Å². The molecule has 1 aromatic carbocycles. The van der Waals surface area contributed by atoms with Crippen molar-refractivity contribution in [3.05, 3.63) is 23.8 Å². The van der Waals surface area contributed by atoms with Crippen LogP contribution in [0, 0.1) is 0 Å². The predicted molar refractivity (Wildman–Crippen MR) is 74.8 cm³/mol. The first kappa shape index (κ1) is 18.8. The highest BCUT2D eigenvalue weighted by Crippen LogP contribution is 2.25. The minimum atomic E-state index is -0.557. The van der Waals surface area contributed by atoms with Crippen LogP contribution < -0.4 is 5.73 Å². The van der Waals surface area contributed by atoms with Crippen LogP contribution in [0.4, 0.5) is 0 Å². The summed E-state index contributed by atoms with van der Waals surface area (Å²) in [7, 11) is 0. The quantitative estimate of drug-likeness (QED) is 0.725. The van der Waals surface area contributed by atoms with E-state index in [4.69, 9.17) is 10.8 Å². The molecule has 0 aliphatic heterocycles. The number of hydrogen-bond acceptors (Lipinski definition) is 4. The summed E-state index contributed by atoms with van der Waals surface area (Å²) in [5.74, 6) is -0.471. The Kier molecular flexibility index (Phi) is 11.1. The number of hydrogen-bond donors (Lipinski definition) is 3. The molecule has 104 valence electrons. The average Bonchev–Trinajstić information content (AvgIpc) is 2.38. The summed E-state index contributed by atoms with van der Waals surface area (Å²) in [5.41, 5.74) is 6.27. The molecule has 0 unspecified atom stereocenters. The fourth-order valence-corrected chi connectivity index (χ4v) is 1.09. The van der Waals surface area contributed by atoms with Gasteiger partial charge >= 0.3 is 0 Å². The van der Waals surface area contributed by atoms with E-state index in [0.29, 0.717) is 6.42 Å². The summed E-state index contributed by atoms with van der Waals surface area (Å²) in [4.78, 5) is 10.9. The molecular weight excluding hydrogens is 230 g/mol. The number of ketones is 1. The van der Waals surface area contributed by atoms with E-state index >= 15 is 0 Å². The lowest BCUT2D eigenvalue weighted by Crippen LogP contribution is -2.30. The molecule has 4 heteroatoms. The predicted octanol–water partition coefficient (Wildman–Crippen LogP) is 2.61. The molecule has 1 atom stereocenters. The number of nitrogens with two attached hydrogens (primary N) is 1. The van der Waals surface area contributed by atoms with Gasteiger partial charge in [-0.1, -0.05) is 33.8 Å². The van der Waals surface area contributed by atoms with Crippen LogP contribution >= 0.6 is 0 Å². The lowest BCUT2D eigenvalue weighted by atomic mass is 10.0. The molecule has 0 spiro atoms. The third-order valence-electron chi connectivity index (χ3n) is 2.02. The van der Waals surface area contributed by atoms with Crippen molar-refractivity contribution in [2.24, 2.45) is 5.73 Å². The first-order chi connectivity index (χ1) is 8.50. The molecule has 0 saturated carbocycles. The lowest BCUT2D eigenvalue weighted by molar-refractivity contribution is -0.118. The van der Waals surface area contributed by atoms with Gasteiger partial charge in [0, 0.05) is 0 Å². The molecule has 0 aromatic heterocycles. The molecule has 0 aliphatic carbocycles. The summed E-state index contributed by atoms with van der Waals surface area (Å²) in [6, 6.07) is 3.84. The zero-order valence-corrected chi connectivity index (χ0v) is 11.9. The standard InChI is InChI=1S/C10H13NO3.2C2H6/c1-6(12)8(11)4-7-2-3-9(13)10(14)5-7;2*1-2/h2-3,5,8,13-14H,4,11H2,1H3;2*1-2H3/t8-;;/m0../s1. The van der Waals surface area contributed by atoms with Crippen LogP contribution in [0.15, 0.2) is 18.2 Å². The number of phenolic OH excluding ortho intramolecular Hbond substituents is 2. The second kappa shape index (κ2) is 10.6. The van der Waals surface area contributed by atoms with Crippen LogP contribution in [0.1, 0.15) is 40.2 Å². The van der Waals surface area contributed by atoms with Gasteiger partial charge in [-0.2, -0.15) is 0 Å². The van der Waals surface area contributed by atoms with Gasteiger partial charge in [-0.15, -0.1) is 0 Å². The maximum Gasteiger partial charge on any atom is 0.157 e. The molecule has 0 bridgehead atoms.